The molecule has 1 aliphatic heterocycles. The monoisotopic (exact) mass is 381 g/mol. The van der Waals surface area contributed by atoms with Gasteiger partial charge in [0.1, 0.15) is 5.82 Å². The first-order valence-electron chi connectivity index (χ1n) is 8.29. The van der Waals surface area contributed by atoms with Crippen LogP contribution in [-0.4, -0.2) is 17.7 Å². The molecule has 4 rings (SSSR count). The molecule has 2 N–H and O–H groups in total. The van der Waals surface area contributed by atoms with Crippen LogP contribution in [0.5, 0.6) is 11.5 Å². The minimum atomic E-state index is -0.248. The maximum Gasteiger partial charge on any atom is 0.255 e. The fourth-order valence-corrected chi connectivity index (χ4v) is 2.87. The molecule has 1 aromatic heterocycles. The van der Waals surface area contributed by atoms with E-state index in [1.54, 1.807) is 36.5 Å². The highest BCUT2D eigenvalue weighted by molar-refractivity contribution is 6.31. The number of nitrogens with zero attached hydrogens (tertiary/aromatic N) is 1. The minimum Gasteiger partial charge on any atom is -0.454 e. The second kappa shape index (κ2) is 7.17. The predicted octanol–water partition coefficient (Wildman–Crippen LogP) is 4.77. The molecule has 2 aromatic carbocycles. The van der Waals surface area contributed by atoms with E-state index in [9.17, 15) is 4.79 Å². The topological polar surface area (TPSA) is 72.5 Å². The number of nitrogens with one attached hydrogen (secondary N) is 2. The van der Waals surface area contributed by atoms with Gasteiger partial charge in [-0.1, -0.05) is 17.7 Å². The Bertz CT molecular complexity index is 1020. The number of carbonyl (C=O) groups is 1. The molecule has 0 saturated carbocycles. The number of carbonyl (C=O) groups excluding carboxylic acids is 1. The number of hydrogen-bond acceptors (Lipinski definition) is 5. The van der Waals surface area contributed by atoms with Crippen molar-refractivity contribution in [2.45, 2.75) is 6.92 Å². The zero-order valence-electron chi connectivity index (χ0n) is 14.5. The summed E-state index contributed by atoms with van der Waals surface area (Å²) in [7, 11) is 0. The van der Waals surface area contributed by atoms with Gasteiger partial charge in [0, 0.05) is 34.2 Å². The molecule has 27 heavy (non-hydrogen) atoms. The van der Waals surface area contributed by atoms with Crippen LogP contribution in [0.25, 0.3) is 0 Å². The lowest BCUT2D eigenvalue weighted by Crippen LogP contribution is -2.12. The van der Waals surface area contributed by atoms with Gasteiger partial charge in [0.2, 0.25) is 6.79 Å². The van der Waals surface area contributed by atoms with Gasteiger partial charge in [0.05, 0.1) is 0 Å². The molecule has 2 heterocycles. The van der Waals surface area contributed by atoms with Gasteiger partial charge >= 0.3 is 0 Å². The Kier molecular flexibility index (Phi) is 4.56. The van der Waals surface area contributed by atoms with Crippen molar-refractivity contribution in [3.05, 3.63) is 70.9 Å². The van der Waals surface area contributed by atoms with E-state index in [2.05, 4.69) is 15.6 Å². The van der Waals surface area contributed by atoms with Crippen molar-refractivity contribution >= 4 is 34.7 Å². The Labute approximate surface area is 161 Å². The first kappa shape index (κ1) is 17.2. The Balaban J connectivity index is 1.51. The predicted molar refractivity (Wildman–Crippen MR) is 104 cm³/mol. The molecule has 1 amide bonds. The average Bonchev–Trinajstić information content (AvgIpc) is 3.13. The van der Waals surface area contributed by atoms with Crippen LogP contribution in [-0.2, 0) is 0 Å². The van der Waals surface area contributed by atoms with Crippen LogP contribution in [0.4, 0.5) is 17.2 Å². The highest BCUT2D eigenvalue weighted by atomic mass is 35.5. The lowest BCUT2D eigenvalue weighted by Gasteiger charge is -2.11. The molecule has 0 bridgehead atoms. The second-order valence-corrected chi connectivity index (χ2v) is 6.40. The van der Waals surface area contributed by atoms with Gasteiger partial charge in [-0.3, -0.25) is 4.79 Å². The van der Waals surface area contributed by atoms with E-state index in [0.717, 1.165) is 11.3 Å². The standard InChI is InChI=1S/C20H16ClN3O3/c1-12-15(21)3-2-4-16(12)24-19-9-13(7-8-22-19)20(25)23-14-5-6-17-18(10-14)27-11-26-17/h2-10H,11H2,1H3,(H,22,24)(H,23,25). The van der Waals surface area contributed by atoms with Gasteiger partial charge < -0.3 is 20.1 Å². The average molecular weight is 382 g/mol. The molecule has 0 unspecified atom stereocenters. The van der Waals surface area contributed by atoms with Gasteiger partial charge in [-0.25, -0.2) is 4.98 Å². The van der Waals surface area contributed by atoms with Gasteiger partial charge in [-0.2, -0.15) is 0 Å². The molecule has 1 aliphatic rings. The van der Waals surface area contributed by atoms with Gasteiger partial charge in [-0.05, 0) is 48.9 Å². The van der Waals surface area contributed by atoms with Crippen LogP contribution in [0.2, 0.25) is 5.02 Å². The lowest BCUT2D eigenvalue weighted by molar-refractivity contribution is 0.102. The Morgan fingerprint density at radius 1 is 1.11 bits per heavy atom. The zero-order valence-corrected chi connectivity index (χ0v) is 15.2. The van der Waals surface area contributed by atoms with E-state index in [4.69, 9.17) is 21.1 Å². The van der Waals surface area contributed by atoms with Crippen molar-refractivity contribution in [2.24, 2.45) is 0 Å². The summed E-state index contributed by atoms with van der Waals surface area (Å²) in [6, 6.07) is 14.2. The van der Waals surface area contributed by atoms with Crippen LogP contribution in [0.1, 0.15) is 15.9 Å². The third-order valence-corrected chi connectivity index (χ3v) is 4.59. The van der Waals surface area contributed by atoms with Crippen LogP contribution in [0.3, 0.4) is 0 Å². The first-order valence-corrected chi connectivity index (χ1v) is 8.67. The second-order valence-electron chi connectivity index (χ2n) is 5.99. The first-order chi connectivity index (χ1) is 13.1. The number of benzene rings is 2. The number of anilines is 3. The third kappa shape index (κ3) is 3.66. The number of rotatable bonds is 4. The van der Waals surface area contributed by atoms with Gasteiger partial charge in [0.15, 0.2) is 11.5 Å². The minimum absolute atomic E-state index is 0.190. The SMILES string of the molecule is Cc1c(Cl)cccc1Nc1cc(C(=O)Nc2ccc3c(c2)OCO3)ccn1. The fourth-order valence-electron chi connectivity index (χ4n) is 2.70. The summed E-state index contributed by atoms with van der Waals surface area (Å²) >= 11 is 6.15. The summed E-state index contributed by atoms with van der Waals surface area (Å²) in [4.78, 5) is 16.9. The molecule has 7 heteroatoms. The van der Waals surface area contributed by atoms with E-state index in [-0.39, 0.29) is 12.7 Å². The van der Waals surface area contributed by atoms with Crippen LogP contribution < -0.4 is 20.1 Å². The highest BCUT2D eigenvalue weighted by Gasteiger charge is 2.15. The van der Waals surface area contributed by atoms with Crippen molar-refractivity contribution in [1.82, 2.24) is 4.98 Å². The smallest absolute Gasteiger partial charge is 0.255 e. The molecule has 6 nitrogen and oxygen atoms in total. The Hall–Kier alpha value is -3.25. The number of halogens is 1. The Morgan fingerprint density at radius 3 is 2.85 bits per heavy atom. The maximum atomic E-state index is 12.6. The quantitative estimate of drug-likeness (QED) is 0.681. The summed E-state index contributed by atoms with van der Waals surface area (Å²) in [5.74, 6) is 1.59. The van der Waals surface area contributed by atoms with Crippen molar-refractivity contribution in [3.63, 3.8) is 0 Å². The summed E-state index contributed by atoms with van der Waals surface area (Å²) in [5, 5.41) is 6.71. The summed E-state index contributed by atoms with van der Waals surface area (Å²) < 4.78 is 10.6. The molecule has 0 spiro atoms. The molecule has 0 radical (unpaired) electrons. The molecule has 0 fully saturated rings. The molecule has 136 valence electrons. The van der Waals surface area contributed by atoms with Crippen molar-refractivity contribution in [2.75, 3.05) is 17.4 Å². The van der Waals surface area contributed by atoms with E-state index in [1.807, 2.05) is 25.1 Å². The highest BCUT2D eigenvalue weighted by Crippen LogP contribution is 2.34. The van der Waals surface area contributed by atoms with Crippen LogP contribution in [0.15, 0.2) is 54.7 Å². The summed E-state index contributed by atoms with van der Waals surface area (Å²) in [6.45, 7) is 2.11. The number of aromatic nitrogens is 1. The molecular formula is C20H16ClN3O3. The van der Waals surface area contributed by atoms with Crippen molar-refractivity contribution in [1.29, 1.82) is 0 Å². The van der Waals surface area contributed by atoms with E-state index in [1.165, 1.54) is 0 Å². The van der Waals surface area contributed by atoms with E-state index in [0.29, 0.717) is 33.6 Å². The Morgan fingerprint density at radius 2 is 1.96 bits per heavy atom. The molecule has 0 saturated heterocycles. The number of amides is 1. The molecular weight excluding hydrogens is 366 g/mol. The summed E-state index contributed by atoms with van der Waals surface area (Å²) in [5.41, 5.74) is 2.85. The number of fused-ring (bicyclic) bond motifs is 1. The van der Waals surface area contributed by atoms with Crippen molar-refractivity contribution < 1.29 is 14.3 Å². The zero-order chi connectivity index (χ0) is 18.8. The largest absolute Gasteiger partial charge is 0.454 e. The maximum absolute atomic E-state index is 12.6. The van der Waals surface area contributed by atoms with Crippen LogP contribution >= 0.6 is 11.6 Å². The molecule has 3 aromatic rings. The lowest BCUT2D eigenvalue weighted by atomic mass is 10.2. The fraction of sp³-hybridized carbons (Fsp3) is 0.100. The van der Waals surface area contributed by atoms with E-state index >= 15 is 0 Å². The molecule has 0 aliphatic carbocycles. The third-order valence-electron chi connectivity index (χ3n) is 4.18. The van der Waals surface area contributed by atoms with Crippen LogP contribution in [0, 0.1) is 6.92 Å². The van der Waals surface area contributed by atoms with Gasteiger partial charge in [0.25, 0.3) is 5.91 Å². The number of hydrogen-bond donors (Lipinski definition) is 2. The molecule has 0 atom stereocenters. The number of pyridine rings is 1. The normalized spacial score (nSPS) is 11.9. The summed E-state index contributed by atoms with van der Waals surface area (Å²) in [6.07, 6.45) is 1.58. The number of ether oxygens (including phenoxy) is 2. The van der Waals surface area contributed by atoms with Crippen molar-refractivity contribution in [3.8, 4) is 11.5 Å². The van der Waals surface area contributed by atoms with E-state index < -0.39 is 0 Å². The van der Waals surface area contributed by atoms with Gasteiger partial charge in [-0.15, -0.1) is 0 Å².